The van der Waals surface area contributed by atoms with Crippen molar-refractivity contribution in [3.63, 3.8) is 0 Å². The number of hydrogen-bond acceptors (Lipinski definition) is 3. The molecule has 4 aliphatic rings. The highest BCUT2D eigenvalue weighted by molar-refractivity contribution is 6.27. The fourth-order valence-electron chi connectivity index (χ4n) is 7.94. The van der Waals surface area contributed by atoms with Gasteiger partial charge in [0.15, 0.2) is 0 Å². The third kappa shape index (κ3) is 2.48. The molecule has 4 atom stereocenters. The molecular formula is C36H26N4. The summed E-state index contributed by atoms with van der Waals surface area (Å²) in [5.41, 5.74) is 10.3. The molecule has 10 rings (SSSR count). The number of fused-ring (bicyclic) bond motifs is 13. The van der Waals surface area contributed by atoms with Gasteiger partial charge in [-0.05, 0) is 52.7 Å². The van der Waals surface area contributed by atoms with E-state index >= 15 is 0 Å². The minimum atomic E-state index is 0.0911. The van der Waals surface area contributed by atoms with Gasteiger partial charge in [-0.1, -0.05) is 85.0 Å². The van der Waals surface area contributed by atoms with Crippen LogP contribution in [-0.4, -0.2) is 10.6 Å². The van der Waals surface area contributed by atoms with Crippen molar-refractivity contribution in [1.82, 2.24) is 4.57 Å². The normalized spacial score (nSPS) is 23.1. The number of allylic oxidation sites excluding steroid dienone is 2. The highest BCUT2D eigenvalue weighted by Crippen LogP contribution is 2.57. The second kappa shape index (κ2) is 7.36. The minimum absolute atomic E-state index is 0.0911. The van der Waals surface area contributed by atoms with Crippen LogP contribution in [0.5, 0.6) is 0 Å². The fraction of sp³-hybridized carbons (Fsp3) is 0.111. The molecule has 0 fully saturated rings. The molecule has 0 saturated heterocycles. The Morgan fingerprint density at radius 1 is 0.650 bits per heavy atom. The number of hydrogen-bond donors (Lipinski definition) is 2. The van der Waals surface area contributed by atoms with Crippen molar-refractivity contribution in [3.05, 3.63) is 132 Å². The van der Waals surface area contributed by atoms with Crippen LogP contribution in [0.4, 0.5) is 22.7 Å². The Morgan fingerprint density at radius 3 is 2.33 bits per heavy atom. The summed E-state index contributed by atoms with van der Waals surface area (Å²) in [5.74, 6) is 0.328. The van der Waals surface area contributed by atoms with Gasteiger partial charge >= 0.3 is 0 Å². The summed E-state index contributed by atoms with van der Waals surface area (Å²) in [6.45, 7) is 0. The summed E-state index contributed by atoms with van der Waals surface area (Å²) in [6, 6.07) is 36.1. The van der Waals surface area contributed by atoms with Gasteiger partial charge in [0, 0.05) is 27.9 Å². The molecule has 40 heavy (non-hydrogen) atoms. The van der Waals surface area contributed by atoms with Gasteiger partial charge in [-0.3, -0.25) is 0 Å². The van der Waals surface area contributed by atoms with Crippen molar-refractivity contribution in [2.75, 3.05) is 15.5 Å². The van der Waals surface area contributed by atoms with Crippen molar-refractivity contribution < 1.29 is 0 Å². The van der Waals surface area contributed by atoms with Crippen LogP contribution in [0.15, 0.2) is 121 Å². The molecule has 6 aromatic rings. The summed E-state index contributed by atoms with van der Waals surface area (Å²) in [6.07, 6.45) is 9.26. The molecule has 5 aromatic carbocycles. The van der Waals surface area contributed by atoms with E-state index in [1.807, 2.05) is 0 Å². The number of rotatable bonds is 1. The summed E-state index contributed by atoms with van der Waals surface area (Å²) in [5, 5.41) is 13.2. The SMILES string of the molecule is C1=CC2c3ccc4c(c3N(c3ccccc3)C2C=C1)c1c2ccccc2cc2c1n4C1Nc3ccccc3NC21. The lowest BCUT2D eigenvalue weighted by molar-refractivity contribution is 0.540. The Balaban J connectivity index is 1.36. The molecule has 0 spiro atoms. The van der Waals surface area contributed by atoms with E-state index < -0.39 is 0 Å². The number of nitrogens with one attached hydrogen (secondary N) is 2. The van der Waals surface area contributed by atoms with E-state index in [1.165, 1.54) is 60.8 Å². The summed E-state index contributed by atoms with van der Waals surface area (Å²) >= 11 is 0. The predicted molar refractivity (Wildman–Crippen MR) is 166 cm³/mol. The maximum atomic E-state index is 3.92. The monoisotopic (exact) mass is 514 g/mol. The molecule has 0 saturated carbocycles. The van der Waals surface area contributed by atoms with E-state index in [0.717, 1.165) is 5.69 Å². The van der Waals surface area contributed by atoms with Gasteiger partial charge in [0.25, 0.3) is 0 Å². The van der Waals surface area contributed by atoms with Crippen LogP contribution in [0, 0.1) is 0 Å². The Kier molecular flexibility index (Phi) is 3.85. The predicted octanol–water partition coefficient (Wildman–Crippen LogP) is 8.77. The highest BCUT2D eigenvalue weighted by atomic mass is 15.3. The maximum absolute atomic E-state index is 3.92. The molecule has 4 unspecified atom stereocenters. The molecule has 4 heteroatoms. The zero-order valence-corrected chi connectivity index (χ0v) is 21.8. The van der Waals surface area contributed by atoms with E-state index in [4.69, 9.17) is 0 Å². The average molecular weight is 515 g/mol. The second-order valence-electron chi connectivity index (χ2n) is 11.4. The van der Waals surface area contributed by atoms with Crippen molar-refractivity contribution in [2.24, 2.45) is 0 Å². The Morgan fingerprint density at radius 2 is 1.43 bits per heavy atom. The molecule has 2 N–H and O–H groups in total. The highest BCUT2D eigenvalue weighted by Gasteiger charge is 2.44. The summed E-state index contributed by atoms with van der Waals surface area (Å²) in [7, 11) is 0. The fourth-order valence-corrected chi connectivity index (χ4v) is 7.94. The van der Waals surface area contributed by atoms with E-state index in [2.05, 4.69) is 141 Å². The minimum Gasteiger partial charge on any atom is -0.373 e. The lowest BCUT2D eigenvalue weighted by atomic mass is 9.90. The van der Waals surface area contributed by atoms with Gasteiger partial charge in [0.1, 0.15) is 6.17 Å². The van der Waals surface area contributed by atoms with Crippen molar-refractivity contribution >= 4 is 55.3 Å². The van der Waals surface area contributed by atoms with Gasteiger partial charge in [0.2, 0.25) is 0 Å². The number of nitrogens with zero attached hydrogens (tertiary/aromatic N) is 2. The molecule has 1 aliphatic carbocycles. The van der Waals surface area contributed by atoms with Crippen LogP contribution in [0.3, 0.4) is 0 Å². The standard InChI is InChI=1S/C36H26N4/c1-2-11-22(12-3-1)39-29-17-9-6-14-24(29)25-18-19-30-32(34(25)39)31-23-13-5-4-10-21(23)20-26-33-36(40(30)35(26)31)38-28-16-8-7-15-27(28)37-33/h1-20,24,29,33,36-38H. The first kappa shape index (κ1) is 20.9. The molecule has 4 heterocycles. The molecule has 3 aliphatic heterocycles. The van der Waals surface area contributed by atoms with Gasteiger partial charge in [-0.25, -0.2) is 0 Å². The van der Waals surface area contributed by atoms with Gasteiger partial charge in [0.05, 0.1) is 40.2 Å². The maximum Gasteiger partial charge on any atom is 0.129 e. The summed E-state index contributed by atoms with van der Waals surface area (Å²) in [4.78, 5) is 2.59. The number of para-hydroxylation sites is 3. The van der Waals surface area contributed by atoms with Crippen LogP contribution < -0.4 is 15.5 Å². The first-order valence-corrected chi connectivity index (χ1v) is 14.2. The van der Waals surface area contributed by atoms with E-state index in [-0.39, 0.29) is 18.2 Å². The lowest BCUT2D eigenvalue weighted by Crippen LogP contribution is -2.30. The molecule has 190 valence electrons. The van der Waals surface area contributed by atoms with Crippen molar-refractivity contribution in [1.29, 1.82) is 0 Å². The second-order valence-corrected chi connectivity index (χ2v) is 11.4. The molecular weight excluding hydrogens is 488 g/mol. The van der Waals surface area contributed by atoms with Gasteiger partial charge < -0.3 is 20.1 Å². The number of anilines is 4. The summed E-state index contributed by atoms with van der Waals surface area (Å²) < 4.78 is 2.58. The Labute approximate surface area is 231 Å². The van der Waals surface area contributed by atoms with Crippen LogP contribution in [0.2, 0.25) is 0 Å². The third-order valence-electron chi connectivity index (χ3n) is 9.50. The van der Waals surface area contributed by atoms with Crippen LogP contribution in [0.25, 0.3) is 32.6 Å². The van der Waals surface area contributed by atoms with Gasteiger partial charge in [-0.2, -0.15) is 0 Å². The molecule has 1 aromatic heterocycles. The topological polar surface area (TPSA) is 32.2 Å². The molecule has 0 radical (unpaired) electrons. The van der Waals surface area contributed by atoms with Gasteiger partial charge in [-0.15, -0.1) is 0 Å². The van der Waals surface area contributed by atoms with Crippen LogP contribution in [0.1, 0.15) is 29.3 Å². The number of aromatic nitrogens is 1. The molecule has 0 amide bonds. The first-order valence-electron chi connectivity index (χ1n) is 14.2. The van der Waals surface area contributed by atoms with E-state index in [0.29, 0.717) is 5.92 Å². The van der Waals surface area contributed by atoms with Crippen molar-refractivity contribution in [3.8, 4) is 0 Å². The van der Waals surface area contributed by atoms with Crippen molar-refractivity contribution in [2.45, 2.75) is 24.2 Å². The van der Waals surface area contributed by atoms with E-state index in [1.54, 1.807) is 0 Å². The largest absolute Gasteiger partial charge is 0.373 e. The van der Waals surface area contributed by atoms with E-state index in [9.17, 15) is 0 Å². The zero-order valence-electron chi connectivity index (χ0n) is 21.8. The first-order chi connectivity index (χ1) is 19.9. The zero-order chi connectivity index (χ0) is 25.9. The quantitative estimate of drug-likeness (QED) is 0.230. The number of benzene rings is 5. The third-order valence-corrected chi connectivity index (χ3v) is 9.50. The average Bonchev–Trinajstić information content (AvgIpc) is 3.64. The smallest absolute Gasteiger partial charge is 0.129 e. The lowest BCUT2D eigenvalue weighted by Gasteiger charge is -2.34. The molecule has 4 nitrogen and oxygen atoms in total. The van der Waals surface area contributed by atoms with Crippen LogP contribution >= 0.6 is 0 Å². The van der Waals surface area contributed by atoms with Crippen LogP contribution in [-0.2, 0) is 0 Å². The Hall–Kier alpha value is -4.96. The molecule has 0 bridgehead atoms. The Bertz CT molecular complexity index is 2100.